The van der Waals surface area contributed by atoms with Gasteiger partial charge in [-0.05, 0) is 44.7 Å². The van der Waals surface area contributed by atoms with Gasteiger partial charge in [0, 0.05) is 28.6 Å². The first kappa shape index (κ1) is 15.5. The summed E-state index contributed by atoms with van der Waals surface area (Å²) >= 11 is 3.67. The molecule has 0 aromatic heterocycles. The molecule has 0 heterocycles. The SMILES string of the molecule is CCOC1CC(N[C@H](C)c2ccccc2Br)C12CCCC2. The zero-order chi connectivity index (χ0) is 14.9. The summed E-state index contributed by atoms with van der Waals surface area (Å²) < 4.78 is 7.21. The molecule has 21 heavy (non-hydrogen) atoms. The number of hydrogen-bond donors (Lipinski definition) is 1. The van der Waals surface area contributed by atoms with E-state index in [0.717, 1.165) is 6.61 Å². The highest BCUT2D eigenvalue weighted by molar-refractivity contribution is 9.10. The van der Waals surface area contributed by atoms with E-state index in [1.165, 1.54) is 42.1 Å². The third kappa shape index (κ3) is 2.80. The van der Waals surface area contributed by atoms with Crippen molar-refractivity contribution in [2.75, 3.05) is 6.61 Å². The first-order valence-electron chi connectivity index (χ1n) is 8.29. The average molecular weight is 352 g/mol. The Balaban J connectivity index is 1.69. The predicted molar refractivity (Wildman–Crippen MR) is 90.4 cm³/mol. The third-order valence-corrected chi connectivity index (χ3v) is 6.23. The largest absolute Gasteiger partial charge is 0.378 e. The Morgan fingerprint density at radius 3 is 2.71 bits per heavy atom. The molecular weight excluding hydrogens is 326 g/mol. The highest BCUT2D eigenvalue weighted by atomic mass is 79.9. The molecule has 0 amide bonds. The maximum Gasteiger partial charge on any atom is 0.0661 e. The molecule has 1 spiro atoms. The summed E-state index contributed by atoms with van der Waals surface area (Å²) in [6.45, 7) is 5.24. The minimum absolute atomic E-state index is 0.380. The normalized spacial score (nSPS) is 28.5. The smallest absolute Gasteiger partial charge is 0.0661 e. The second kappa shape index (κ2) is 6.39. The van der Waals surface area contributed by atoms with Gasteiger partial charge in [-0.15, -0.1) is 0 Å². The highest BCUT2D eigenvalue weighted by Crippen LogP contribution is 2.55. The van der Waals surface area contributed by atoms with Crippen LogP contribution < -0.4 is 5.32 Å². The Morgan fingerprint density at radius 2 is 2.05 bits per heavy atom. The maximum atomic E-state index is 6.01. The predicted octanol–water partition coefficient (Wildman–Crippen LogP) is 4.84. The number of hydrogen-bond acceptors (Lipinski definition) is 2. The zero-order valence-corrected chi connectivity index (χ0v) is 14.7. The molecule has 2 aliphatic rings. The Kier molecular flexibility index (Phi) is 4.72. The topological polar surface area (TPSA) is 21.3 Å². The van der Waals surface area contributed by atoms with Crippen molar-refractivity contribution in [1.82, 2.24) is 5.32 Å². The molecule has 3 rings (SSSR count). The molecule has 3 atom stereocenters. The average Bonchev–Trinajstić information content (AvgIpc) is 2.99. The summed E-state index contributed by atoms with van der Waals surface area (Å²) in [4.78, 5) is 0. The quantitative estimate of drug-likeness (QED) is 0.819. The minimum atomic E-state index is 0.380. The van der Waals surface area contributed by atoms with Gasteiger partial charge >= 0.3 is 0 Å². The van der Waals surface area contributed by atoms with Crippen molar-refractivity contribution in [1.29, 1.82) is 0 Å². The van der Waals surface area contributed by atoms with Gasteiger partial charge in [-0.1, -0.05) is 47.0 Å². The first-order valence-corrected chi connectivity index (χ1v) is 9.09. The second-order valence-corrected chi connectivity index (χ2v) is 7.44. The molecule has 1 N–H and O–H groups in total. The fraction of sp³-hybridized carbons (Fsp3) is 0.667. The lowest BCUT2D eigenvalue weighted by Crippen LogP contribution is -2.63. The van der Waals surface area contributed by atoms with E-state index in [0.29, 0.717) is 23.6 Å². The van der Waals surface area contributed by atoms with Crippen LogP contribution in [-0.2, 0) is 4.74 Å². The fourth-order valence-corrected chi connectivity index (χ4v) is 4.97. The Labute approximate surface area is 136 Å². The molecular formula is C18H26BrNO. The van der Waals surface area contributed by atoms with E-state index < -0.39 is 0 Å². The Morgan fingerprint density at radius 1 is 1.33 bits per heavy atom. The van der Waals surface area contributed by atoms with Crippen LogP contribution in [0.25, 0.3) is 0 Å². The van der Waals surface area contributed by atoms with Crippen LogP contribution in [0.3, 0.4) is 0 Å². The van der Waals surface area contributed by atoms with Crippen molar-refractivity contribution >= 4 is 15.9 Å². The summed E-state index contributed by atoms with van der Waals surface area (Å²) in [7, 11) is 0. The van der Waals surface area contributed by atoms with Crippen molar-refractivity contribution in [3.63, 3.8) is 0 Å². The number of rotatable bonds is 5. The number of ether oxygens (including phenoxy) is 1. The summed E-state index contributed by atoms with van der Waals surface area (Å²) in [5.41, 5.74) is 1.76. The monoisotopic (exact) mass is 351 g/mol. The van der Waals surface area contributed by atoms with Crippen LogP contribution in [0.4, 0.5) is 0 Å². The molecule has 1 aromatic carbocycles. The van der Waals surface area contributed by atoms with Crippen molar-refractivity contribution < 1.29 is 4.74 Å². The van der Waals surface area contributed by atoms with E-state index in [2.05, 4.69) is 59.4 Å². The van der Waals surface area contributed by atoms with Crippen molar-refractivity contribution in [3.8, 4) is 0 Å². The van der Waals surface area contributed by atoms with E-state index in [9.17, 15) is 0 Å². The molecule has 0 radical (unpaired) electrons. The molecule has 0 bridgehead atoms. The van der Waals surface area contributed by atoms with E-state index >= 15 is 0 Å². The van der Waals surface area contributed by atoms with Crippen LogP contribution in [-0.4, -0.2) is 18.8 Å². The lowest BCUT2D eigenvalue weighted by Gasteiger charge is -2.55. The molecule has 1 aromatic rings. The van der Waals surface area contributed by atoms with Crippen LogP contribution >= 0.6 is 15.9 Å². The van der Waals surface area contributed by atoms with Gasteiger partial charge in [-0.25, -0.2) is 0 Å². The van der Waals surface area contributed by atoms with Crippen LogP contribution in [0.5, 0.6) is 0 Å². The molecule has 0 saturated heterocycles. The van der Waals surface area contributed by atoms with Gasteiger partial charge in [0.25, 0.3) is 0 Å². The first-order chi connectivity index (χ1) is 10.2. The lowest BCUT2D eigenvalue weighted by molar-refractivity contribution is -0.132. The third-order valence-electron chi connectivity index (χ3n) is 5.51. The van der Waals surface area contributed by atoms with E-state index in [-0.39, 0.29) is 0 Å². The Hall–Kier alpha value is -0.380. The van der Waals surface area contributed by atoms with Gasteiger partial charge < -0.3 is 10.1 Å². The lowest BCUT2D eigenvalue weighted by atomic mass is 9.60. The minimum Gasteiger partial charge on any atom is -0.378 e. The molecule has 0 aliphatic heterocycles. The van der Waals surface area contributed by atoms with Gasteiger partial charge in [0.15, 0.2) is 0 Å². The molecule has 3 heteroatoms. The van der Waals surface area contributed by atoms with Gasteiger partial charge in [0.1, 0.15) is 0 Å². The van der Waals surface area contributed by atoms with Crippen molar-refractivity contribution in [3.05, 3.63) is 34.3 Å². The maximum absolute atomic E-state index is 6.01. The second-order valence-electron chi connectivity index (χ2n) is 6.58. The van der Waals surface area contributed by atoms with Crippen LogP contribution in [0.15, 0.2) is 28.7 Å². The van der Waals surface area contributed by atoms with Crippen LogP contribution in [0.2, 0.25) is 0 Å². The van der Waals surface area contributed by atoms with E-state index in [1.807, 2.05) is 0 Å². The summed E-state index contributed by atoms with van der Waals surface area (Å²) in [6.07, 6.45) is 7.04. The van der Waals surface area contributed by atoms with E-state index in [1.54, 1.807) is 0 Å². The molecule has 2 saturated carbocycles. The molecule has 116 valence electrons. The molecule has 2 fully saturated rings. The summed E-state index contributed by atoms with van der Waals surface area (Å²) in [6, 6.07) is 9.52. The van der Waals surface area contributed by atoms with Gasteiger partial charge in [0.05, 0.1) is 6.10 Å². The summed E-state index contributed by atoms with van der Waals surface area (Å²) in [5, 5.41) is 3.88. The highest BCUT2D eigenvalue weighted by Gasteiger charge is 2.56. The number of nitrogens with one attached hydrogen (secondary N) is 1. The summed E-state index contributed by atoms with van der Waals surface area (Å²) in [5.74, 6) is 0. The zero-order valence-electron chi connectivity index (χ0n) is 13.1. The molecule has 2 unspecified atom stereocenters. The standard InChI is InChI=1S/C18H26BrNO/c1-3-21-17-12-16(18(17)10-6-7-11-18)20-13(2)14-8-4-5-9-15(14)19/h4-5,8-9,13,16-17,20H,3,6-7,10-12H2,1-2H3/t13-,16?,17?/m1/s1. The van der Waals surface area contributed by atoms with Crippen LogP contribution in [0.1, 0.15) is 57.6 Å². The Bertz CT molecular complexity index is 484. The van der Waals surface area contributed by atoms with Crippen LogP contribution in [0, 0.1) is 5.41 Å². The molecule has 2 aliphatic carbocycles. The van der Waals surface area contributed by atoms with E-state index in [4.69, 9.17) is 4.74 Å². The van der Waals surface area contributed by atoms with Gasteiger partial charge in [0.2, 0.25) is 0 Å². The number of benzene rings is 1. The van der Waals surface area contributed by atoms with Gasteiger partial charge in [-0.3, -0.25) is 0 Å². The van der Waals surface area contributed by atoms with Crippen molar-refractivity contribution in [2.24, 2.45) is 5.41 Å². The van der Waals surface area contributed by atoms with Crippen molar-refractivity contribution in [2.45, 2.75) is 64.1 Å². The van der Waals surface area contributed by atoms with Gasteiger partial charge in [-0.2, -0.15) is 0 Å². The number of halogens is 1. The molecule has 2 nitrogen and oxygen atoms in total. The fourth-order valence-electron chi connectivity index (χ4n) is 4.34.